The second kappa shape index (κ2) is 8.26. The summed E-state index contributed by atoms with van der Waals surface area (Å²) in [6, 6.07) is 24.2. The Balaban J connectivity index is 2.09. The molecular weight excluding hydrogens is 394 g/mol. The molecule has 0 atom stereocenters. The van der Waals surface area contributed by atoms with Gasteiger partial charge < -0.3 is 0 Å². The number of rotatable bonds is 7. The molecule has 0 aliphatic heterocycles. The van der Waals surface area contributed by atoms with Crippen LogP contribution in [-0.2, 0) is 33.0 Å². The van der Waals surface area contributed by atoms with E-state index in [0.29, 0.717) is 0 Å². The van der Waals surface area contributed by atoms with Gasteiger partial charge in [-0.15, -0.1) is 0 Å². The first-order valence-electron chi connectivity index (χ1n) is 8.65. The summed E-state index contributed by atoms with van der Waals surface area (Å²) < 4.78 is 52.6. The molecule has 3 rings (SSSR count). The van der Waals surface area contributed by atoms with Crippen molar-refractivity contribution in [3.63, 3.8) is 0 Å². The summed E-state index contributed by atoms with van der Waals surface area (Å²) in [7, 11) is -7.76. The zero-order valence-electron chi connectivity index (χ0n) is 15.4. The van der Waals surface area contributed by atoms with Gasteiger partial charge in [0.1, 0.15) is 4.90 Å². The Hall–Kier alpha value is -2.48. The van der Waals surface area contributed by atoms with Gasteiger partial charge in [-0.1, -0.05) is 72.8 Å². The fourth-order valence-corrected chi connectivity index (χ4v) is 5.93. The highest BCUT2D eigenvalue weighted by atomic mass is 32.2. The molecule has 0 heterocycles. The molecule has 7 heteroatoms. The molecule has 0 spiro atoms. The molecule has 28 heavy (non-hydrogen) atoms. The van der Waals surface area contributed by atoms with Gasteiger partial charge in [0.25, 0.3) is 0 Å². The Morgan fingerprint density at radius 1 is 0.607 bits per heavy atom. The van der Waals surface area contributed by atoms with Gasteiger partial charge in [-0.05, 0) is 23.3 Å². The monoisotopic (exact) mass is 415 g/mol. The van der Waals surface area contributed by atoms with Crippen molar-refractivity contribution in [1.29, 1.82) is 0 Å². The van der Waals surface area contributed by atoms with E-state index < -0.39 is 19.9 Å². The number of nitrogens with zero attached hydrogens (tertiary/aromatic N) is 1. The average Bonchev–Trinajstić information content (AvgIpc) is 2.68. The van der Waals surface area contributed by atoms with Crippen LogP contribution < -0.4 is 0 Å². The van der Waals surface area contributed by atoms with Crippen molar-refractivity contribution in [2.24, 2.45) is 0 Å². The van der Waals surface area contributed by atoms with Gasteiger partial charge in [-0.2, -0.15) is 4.31 Å². The lowest BCUT2D eigenvalue weighted by atomic mass is 10.2. The Bertz CT molecular complexity index is 1100. The van der Waals surface area contributed by atoms with Gasteiger partial charge in [0, 0.05) is 19.3 Å². The van der Waals surface area contributed by atoms with Crippen molar-refractivity contribution in [2.75, 3.05) is 6.26 Å². The molecule has 0 aliphatic carbocycles. The molecule has 0 aliphatic rings. The predicted octanol–water partition coefficient (Wildman–Crippen LogP) is 3.48. The summed E-state index contributed by atoms with van der Waals surface area (Å²) in [6.45, 7) is 0.270. The van der Waals surface area contributed by atoms with Crippen LogP contribution in [0.2, 0.25) is 0 Å². The van der Waals surface area contributed by atoms with Crippen LogP contribution in [0, 0.1) is 0 Å². The van der Waals surface area contributed by atoms with Gasteiger partial charge in [-0.25, -0.2) is 16.8 Å². The first-order chi connectivity index (χ1) is 13.3. The maximum absolute atomic E-state index is 13.5. The smallest absolute Gasteiger partial charge is 0.224 e. The van der Waals surface area contributed by atoms with Gasteiger partial charge in [0.2, 0.25) is 10.0 Å². The van der Waals surface area contributed by atoms with Crippen molar-refractivity contribution in [1.82, 2.24) is 4.31 Å². The van der Waals surface area contributed by atoms with Crippen LogP contribution in [0.15, 0.2) is 94.7 Å². The van der Waals surface area contributed by atoms with Crippen molar-refractivity contribution in [3.8, 4) is 0 Å². The molecule has 5 nitrogen and oxygen atoms in total. The molecule has 0 saturated heterocycles. The van der Waals surface area contributed by atoms with E-state index in [1.165, 1.54) is 28.6 Å². The van der Waals surface area contributed by atoms with Crippen LogP contribution in [0.3, 0.4) is 0 Å². The first-order valence-corrected chi connectivity index (χ1v) is 12.0. The largest absolute Gasteiger partial charge is 0.244 e. The Morgan fingerprint density at radius 3 is 1.43 bits per heavy atom. The molecule has 0 bridgehead atoms. The molecule has 0 radical (unpaired) electrons. The van der Waals surface area contributed by atoms with E-state index in [1.54, 1.807) is 0 Å². The fourth-order valence-electron chi connectivity index (χ4n) is 2.91. The van der Waals surface area contributed by atoms with Gasteiger partial charge in [0.05, 0.1) is 4.90 Å². The molecule has 0 unspecified atom stereocenters. The normalized spacial score (nSPS) is 12.2. The van der Waals surface area contributed by atoms with E-state index in [0.717, 1.165) is 17.4 Å². The standard InChI is InChI=1S/C21H21NO4S2/c1-27(23,24)20-14-8-9-15-21(20)28(25,26)22(16-18-10-4-2-5-11-18)17-19-12-6-3-7-13-19/h2-15H,16-17H2,1H3. The minimum Gasteiger partial charge on any atom is -0.224 e. The predicted molar refractivity (Wildman–Crippen MR) is 109 cm³/mol. The minimum absolute atomic E-state index is 0.135. The highest BCUT2D eigenvalue weighted by Gasteiger charge is 2.30. The average molecular weight is 416 g/mol. The van der Waals surface area contributed by atoms with E-state index in [4.69, 9.17) is 0 Å². The molecule has 0 aromatic heterocycles. The molecule has 0 amide bonds. The van der Waals surface area contributed by atoms with Crippen LogP contribution >= 0.6 is 0 Å². The highest BCUT2D eigenvalue weighted by Crippen LogP contribution is 2.26. The Morgan fingerprint density at radius 2 is 1.00 bits per heavy atom. The van der Waals surface area contributed by atoms with Gasteiger partial charge >= 0.3 is 0 Å². The van der Waals surface area contributed by atoms with Crippen molar-refractivity contribution in [2.45, 2.75) is 22.9 Å². The van der Waals surface area contributed by atoms with Crippen LogP contribution in [-0.4, -0.2) is 27.4 Å². The maximum Gasteiger partial charge on any atom is 0.244 e. The molecular formula is C21H21NO4S2. The Kier molecular flexibility index (Phi) is 5.98. The third-order valence-corrected chi connectivity index (χ3v) is 7.40. The number of sulfonamides is 1. The van der Waals surface area contributed by atoms with Crippen LogP contribution in [0.1, 0.15) is 11.1 Å². The topological polar surface area (TPSA) is 71.5 Å². The Labute approximate surface area is 166 Å². The van der Waals surface area contributed by atoms with Crippen LogP contribution in [0.4, 0.5) is 0 Å². The van der Waals surface area contributed by atoms with Crippen molar-refractivity contribution >= 4 is 19.9 Å². The first kappa shape index (κ1) is 20.3. The quantitative estimate of drug-likeness (QED) is 0.592. The van der Waals surface area contributed by atoms with Crippen molar-refractivity contribution < 1.29 is 16.8 Å². The van der Waals surface area contributed by atoms with Crippen LogP contribution in [0.5, 0.6) is 0 Å². The lowest BCUT2D eigenvalue weighted by Gasteiger charge is -2.23. The van der Waals surface area contributed by atoms with E-state index in [2.05, 4.69) is 0 Å². The number of sulfone groups is 1. The minimum atomic E-state index is -4.06. The summed E-state index contributed by atoms with van der Waals surface area (Å²) in [5.74, 6) is 0. The molecule has 3 aromatic rings. The van der Waals surface area contributed by atoms with Gasteiger partial charge in [0.15, 0.2) is 9.84 Å². The summed E-state index contributed by atoms with van der Waals surface area (Å²) in [5.41, 5.74) is 1.64. The van der Waals surface area contributed by atoms with Crippen LogP contribution in [0.25, 0.3) is 0 Å². The van der Waals surface area contributed by atoms with Crippen molar-refractivity contribution in [3.05, 3.63) is 96.1 Å². The molecule has 146 valence electrons. The summed E-state index contributed by atoms with van der Waals surface area (Å²) in [4.78, 5) is -0.398. The van der Waals surface area contributed by atoms with E-state index >= 15 is 0 Å². The second-order valence-electron chi connectivity index (χ2n) is 6.46. The maximum atomic E-state index is 13.5. The third kappa shape index (κ3) is 4.67. The molecule has 0 N–H and O–H groups in total. The zero-order chi connectivity index (χ0) is 20.2. The summed E-state index contributed by atoms with van der Waals surface area (Å²) in [5, 5.41) is 0. The lowest BCUT2D eigenvalue weighted by molar-refractivity contribution is 0.399. The highest BCUT2D eigenvalue weighted by molar-refractivity contribution is 7.93. The number of benzene rings is 3. The molecule has 0 fully saturated rings. The lowest BCUT2D eigenvalue weighted by Crippen LogP contribution is -2.31. The van der Waals surface area contributed by atoms with E-state index in [-0.39, 0.29) is 22.9 Å². The van der Waals surface area contributed by atoms with Gasteiger partial charge in [-0.3, -0.25) is 0 Å². The van der Waals surface area contributed by atoms with E-state index in [1.807, 2.05) is 60.7 Å². The molecule has 0 saturated carbocycles. The SMILES string of the molecule is CS(=O)(=O)c1ccccc1S(=O)(=O)N(Cc1ccccc1)Cc1ccccc1. The molecule has 3 aromatic carbocycles. The summed E-state index contributed by atoms with van der Waals surface area (Å²) >= 11 is 0. The zero-order valence-corrected chi connectivity index (χ0v) is 17.0. The number of hydrogen-bond acceptors (Lipinski definition) is 4. The summed E-state index contributed by atoms with van der Waals surface area (Å²) in [6.07, 6.45) is 1.01. The van der Waals surface area contributed by atoms with E-state index in [9.17, 15) is 16.8 Å². The fraction of sp³-hybridized carbons (Fsp3) is 0.143. The third-order valence-electron chi connectivity index (χ3n) is 4.27. The number of hydrogen-bond donors (Lipinski definition) is 0. The second-order valence-corrected chi connectivity index (χ2v) is 10.4.